The van der Waals surface area contributed by atoms with Crippen LogP contribution in [0.3, 0.4) is 0 Å². The second-order valence-electron chi connectivity index (χ2n) is 5.42. The van der Waals surface area contributed by atoms with Gasteiger partial charge in [-0.2, -0.15) is 0 Å². The molecule has 0 aliphatic heterocycles. The number of hydrogen-bond acceptors (Lipinski definition) is 2. The summed E-state index contributed by atoms with van der Waals surface area (Å²) >= 11 is 0. The first-order valence-corrected chi connectivity index (χ1v) is 6.56. The molecule has 0 spiro atoms. The Morgan fingerprint density at radius 2 is 1.89 bits per heavy atom. The van der Waals surface area contributed by atoms with Gasteiger partial charge in [0.05, 0.1) is 0 Å². The van der Waals surface area contributed by atoms with Crippen LogP contribution < -0.4 is 0 Å². The molecule has 1 N–H and O–H groups in total. The predicted molar refractivity (Wildman–Crippen MR) is 69.6 cm³/mol. The Morgan fingerprint density at radius 3 is 2.72 bits per heavy atom. The number of phenolic OH excluding ortho intramolecular Hbond substituents is 1. The SMILES string of the molecule is Oc1ccc2c(c1)CC[C@@H]1C(c3ccncc3)[C@H]21. The molecule has 18 heavy (non-hydrogen) atoms. The number of aromatic nitrogens is 1. The Hall–Kier alpha value is -1.83. The molecule has 2 nitrogen and oxygen atoms in total. The van der Waals surface area contributed by atoms with Gasteiger partial charge in [-0.3, -0.25) is 4.98 Å². The topological polar surface area (TPSA) is 33.1 Å². The zero-order chi connectivity index (χ0) is 12.1. The summed E-state index contributed by atoms with van der Waals surface area (Å²) in [6.07, 6.45) is 6.12. The summed E-state index contributed by atoms with van der Waals surface area (Å²) in [4.78, 5) is 4.10. The van der Waals surface area contributed by atoms with Gasteiger partial charge < -0.3 is 5.11 Å². The lowest BCUT2D eigenvalue weighted by molar-refractivity contribution is 0.473. The average Bonchev–Trinajstić information content (AvgIpc) is 3.14. The van der Waals surface area contributed by atoms with Crippen LogP contribution in [0.2, 0.25) is 0 Å². The largest absolute Gasteiger partial charge is 0.508 e. The molecule has 1 heterocycles. The van der Waals surface area contributed by atoms with Gasteiger partial charge in [0.1, 0.15) is 5.75 Å². The third-order valence-electron chi connectivity index (χ3n) is 4.49. The number of hydrogen-bond donors (Lipinski definition) is 1. The second-order valence-corrected chi connectivity index (χ2v) is 5.42. The van der Waals surface area contributed by atoms with Crippen LogP contribution in [0.1, 0.15) is 34.9 Å². The standard InChI is InChI=1S/C16H15NO/c18-12-2-4-13-11(9-12)1-3-14-15(16(13)14)10-5-7-17-8-6-10/h2,4-9,14-16,18H,1,3H2/t14-,15?,16-/m1/s1. The molecule has 0 bridgehead atoms. The first-order valence-electron chi connectivity index (χ1n) is 6.56. The minimum atomic E-state index is 0.397. The maximum absolute atomic E-state index is 9.56. The summed E-state index contributed by atoms with van der Waals surface area (Å²) in [5, 5.41) is 9.56. The summed E-state index contributed by atoms with van der Waals surface area (Å²) in [6.45, 7) is 0. The predicted octanol–water partition coefficient (Wildman–Crippen LogP) is 3.23. The van der Waals surface area contributed by atoms with Gasteiger partial charge in [-0.05, 0) is 71.6 Å². The Bertz CT molecular complexity index is 593. The molecule has 1 aromatic carbocycles. The molecule has 3 atom stereocenters. The number of rotatable bonds is 1. The summed E-state index contributed by atoms with van der Waals surface area (Å²) in [5.74, 6) is 2.52. The van der Waals surface area contributed by atoms with Crippen molar-refractivity contribution in [3.63, 3.8) is 0 Å². The fourth-order valence-electron chi connectivity index (χ4n) is 3.65. The van der Waals surface area contributed by atoms with Crippen LogP contribution in [0.15, 0.2) is 42.7 Å². The van der Waals surface area contributed by atoms with Crippen molar-refractivity contribution >= 4 is 0 Å². The molecule has 2 heteroatoms. The van der Waals surface area contributed by atoms with E-state index in [1.165, 1.54) is 23.1 Å². The van der Waals surface area contributed by atoms with Crippen molar-refractivity contribution in [3.8, 4) is 5.75 Å². The van der Waals surface area contributed by atoms with Crippen molar-refractivity contribution in [2.24, 2.45) is 5.92 Å². The Kier molecular flexibility index (Phi) is 2.01. The van der Waals surface area contributed by atoms with Crippen LogP contribution >= 0.6 is 0 Å². The molecule has 0 radical (unpaired) electrons. The molecule has 0 amide bonds. The lowest BCUT2D eigenvalue weighted by Crippen LogP contribution is -2.00. The van der Waals surface area contributed by atoms with Crippen molar-refractivity contribution in [2.45, 2.75) is 24.7 Å². The molecule has 1 unspecified atom stereocenters. The number of fused-ring (bicyclic) bond motifs is 3. The molecular formula is C16H15NO. The van der Waals surface area contributed by atoms with Crippen LogP contribution in [0.4, 0.5) is 0 Å². The molecule has 2 aliphatic carbocycles. The van der Waals surface area contributed by atoms with E-state index in [-0.39, 0.29) is 0 Å². The highest BCUT2D eigenvalue weighted by Crippen LogP contribution is 2.65. The van der Waals surface area contributed by atoms with E-state index in [1.807, 2.05) is 24.5 Å². The van der Waals surface area contributed by atoms with Gasteiger partial charge in [0.2, 0.25) is 0 Å². The van der Waals surface area contributed by atoms with Gasteiger partial charge in [0.25, 0.3) is 0 Å². The van der Waals surface area contributed by atoms with E-state index in [0.29, 0.717) is 17.6 Å². The van der Waals surface area contributed by atoms with Gasteiger partial charge in [0, 0.05) is 12.4 Å². The van der Waals surface area contributed by atoms with Crippen LogP contribution in [-0.2, 0) is 6.42 Å². The van der Waals surface area contributed by atoms with Crippen molar-refractivity contribution in [2.75, 3.05) is 0 Å². The fourth-order valence-corrected chi connectivity index (χ4v) is 3.65. The molecule has 4 rings (SSSR count). The molecule has 2 aromatic rings. The van der Waals surface area contributed by atoms with Crippen molar-refractivity contribution in [1.82, 2.24) is 4.98 Å². The zero-order valence-electron chi connectivity index (χ0n) is 10.1. The Balaban J connectivity index is 1.73. The minimum Gasteiger partial charge on any atom is -0.508 e. The fraction of sp³-hybridized carbons (Fsp3) is 0.312. The minimum absolute atomic E-state index is 0.397. The third-order valence-corrected chi connectivity index (χ3v) is 4.49. The van der Waals surface area contributed by atoms with E-state index in [2.05, 4.69) is 23.2 Å². The molecular weight excluding hydrogens is 222 g/mol. The summed E-state index contributed by atoms with van der Waals surface area (Å²) < 4.78 is 0. The van der Waals surface area contributed by atoms with E-state index in [4.69, 9.17) is 0 Å². The van der Waals surface area contributed by atoms with Crippen molar-refractivity contribution < 1.29 is 5.11 Å². The zero-order valence-corrected chi connectivity index (χ0v) is 10.1. The molecule has 1 aromatic heterocycles. The summed E-state index contributed by atoms with van der Waals surface area (Å²) in [6, 6.07) is 10.2. The number of aryl methyl sites for hydroxylation is 1. The average molecular weight is 237 g/mol. The molecule has 1 fully saturated rings. The van der Waals surface area contributed by atoms with E-state index in [1.54, 1.807) is 0 Å². The highest BCUT2D eigenvalue weighted by molar-refractivity contribution is 5.47. The summed E-state index contributed by atoms with van der Waals surface area (Å²) in [7, 11) is 0. The highest BCUT2D eigenvalue weighted by Gasteiger charge is 2.53. The van der Waals surface area contributed by atoms with Crippen molar-refractivity contribution in [1.29, 1.82) is 0 Å². The first kappa shape index (κ1) is 10.1. The Labute approximate surface area is 106 Å². The number of aromatic hydroxyl groups is 1. The summed E-state index contributed by atoms with van der Waals surface area (Å²) in [5.41, 5.74) is 4.21. The highest BCUT2D eigenvalue weighted by atomic mass is 16.3. The van der Waals surface area contributed by atoms with Crippen LogP contribution in [-0.4, -0.2) is 10.1 Å². The van der Waals surface area contributed by atoms with E-state index in [9.17, 15) is 5.11 Å². The normalized spacial score (nSPS) is 28.3. The third kappa shape index (κ3) is 1.38. The van der Waals surface area contributed by atoms with Crippen molar-refractivity contribution in [3.05, 3.63) is 59.4 Å². The smallest absolute Gasteiger partial charge is 0.115 e. The number of pyridine rings is 1. The van der Waals surface area contributed by atoms with Crippen LogP contribution in [0.25, 0.3) is 0 Å². The van der Waals surface area contributed by atoms with Gasteiger partial charge in [-0.15, -0.1) is 0 Å². The van der Waals surface area contributed by atoms with Gasteiger partial charge in [0.15, 0.2) is 0 Å². The number of nitrogens with zero attached hydrogens (tertiary/aromatic N) is 1. The molecule has 2 aliphatic rings. The van der Waals surface area contributed by atoms with Crippen LogP contribution in [0.5, 0.6) is 5.75 Å². The quantitative estimate of drug-likeness (QED) is 0.826. The van der Waals surface area contributed by atoms with Gasteiger partial charge in [-0.1, -0.05) is 6.07 Å². The second kappa shape index (κ2) is 3.58. The van der Waals surface area contributed by atoms with E-state index < -0.39 is 0 Å². The Morgan fingerprint density at radius 1 is 1.06 bits per heavy atom. The molecule has 0 saturated heterocycles. The van der Waals surface area contributed by atoms with E-state index >= 15 is 0 Å². The first-order chi connectivity index (χ1) is 8.84. The molecule has 1 saturated carbocycles. The van der Waals surface area contributed by atoms with Gasteiger partial charge >= 0.3 is 0 Å². The monoisotopic (exact) mass is 237 g/mol. The molecule has 90 valence electrons. The van der Waals surface area contributed by atoms with Crippen LogP contribution in [0, 0.1) is 5.92 Å². The lowest BCUT2D eigenvalue weighted by atomic mass is 9.91. The number of phenols is 1. The van der Waals surface area contributed by atoms with E-state index in [0.717, 1.165) is 12.3 Å². The van der Waals surface area contributed by atoms with Gasteiger partial charge in [-0.25, -0.2) is 0 Å². The maximum atomic E-state index is 9.56. The number of benzene rings is 1. The maximum Gasteiger partial charge on any atom is 0.115 e. The lowest BCUT2D eigenvalue weighted by Gasteiger charge is -2.14.